The lowest BCUT2D eigenvalue weighted by Gasteiger charge is -2.14. The molecule has 0 radical (unpaired) electrons. The number of unbranched alkanes of at least 4 members (excludes halogenated alkanes) is 1. The molecular formula is C13H24O2. The zero-order valence-electron chi connectivity index (χ0n) is 10.3. The van der Waals surface area contributed by atoms with Crippen LogP contribution in [0.15, 0.2) is 12.2 Å². The molecule has 0 aliphatic carbocycles. The van der Waals surface area contributed by atoms with Crippen molar-refractivity contribution < 1.29 is 9.53 Å². The van der Waals surface area contributed by atoms with Gasteiger partial charge >= 0.3 is 5.97 Å². The number of hydrogen-bond donors (Lipinski definition) is 0. The lowest BCUT2D eigenvalue weighted by Crippen LogP contribution is -2.16. The summed E-state index contributed by atoms with van der Waals surface area (Å²) in [4.78, 5) is 11.1. The van der Waals surface area contributed by atoms with Crippen LogP contribution in [0.3, 0.4) is 0 Å². The fraction of sp³-hybridized carbons (Fsp3) is 0.769. The minimum atomic E-state index is -0.0778. The summed E-state index contributed by atoms with van der Waals surface area (Å²) in [5, 5.41) is 0. The Kier molecular flexibility index (Phi) is 9.24. The van der Waals surface area contributed by atoms with Gasteiger partial charge in [0.05, 0.1) is 0 Å². The SMILES string of the molecule is CCC=CCCCC(CC)OC(=O)CC. The predicted molar refractivity (Wildman–Crippen MR) is 63.7 cm³/mol. The van der Waals surface area contributed by atoms with Gasteiger partial charge in [0.25, 0.3) is 0 Å². The van der Waals surface area contributed by atoms with Gasteiger partial charge in [0.2, 0.25) is 0 Å². The van der Waals surface area contributed by atoms with E-state index in [9.17, 15) is 4.79 Å². The molecule has 0 N–H and O–H groups in total. The van der Waals surface area contributed by atoms with Crippen LogP contribution in [0.5, 0.6) is 0 Å². The first-order valence-corrected chi connectivity index (χ1v) is 6.09. The van der Waals surface area contributed by atoms with Gasteiger partial charge in [-0.2, -0.15) is 0 Å². The van der Waals surface area contributed by atoms with Crippen LogP contribution in [-0.2, 0) is 9.53 Å². The fourth-order valence-corrected chi connectivity index (χ4v) is 1.36. The van der Waals surface area contributed by atoms with Gasteiger partial charge in [-0.05, 0) is 32.1 Å². The fourth-order valence-electron chi connectivity index (χ4n) is 1.36. The third-order valence-electron chi connectivity index (χ3n) is 2.34. The second-order valence-corrected chi connectivity index (χ2v) is 3.68. The van der Waals surface area contributed by atoms with E-state index in [1.54, 1.807) is 0 Å². The molecule has 0 rings (SSSR count). The molecule has 0 aromatic rings. The maximum Gasteiger partial charge on any atom is 0.305 e. The van der Waals surface area contributed by atoms with E-state index in [4.69, 9.17) is 4.74 Å². The molecule has 0 saturated heterocycles. The Morgan fingerprint density at radius 1 is 1.27 bits per heavy atom. The normalized spacial score (nSPS) is 13.0. The Morgan fingerprint density at radius 3 is 2.53 bits per heavy atom. The van der Waals surface area contributed by atoms with Crippen LogP contribution in [0.1, 0.15) is 59.3 Å². The van der Waals surface area contributed by atoms with Gasteiger partial charge in [0.1, 0.15) is 6.10 Å². The number of hydrogen-bond acceptors (Lipinski definition) is 2. The smallest absolute Gasteiger partial charge is 0.305 e. The van der Waals surface area contributed by atoms with E-state index in [2.05, 4.69) is 26.0 Å². The molecule has 0 spiro atoms. The largest absolute Gasteiger partial charge is 0.462 e. The molecule has 0 aromatic carbocycles. The number of carbonyl (C=O) groups excluding carboxylic acids is 1. The molecule has 0 aromatic heterocycles. The average Bonchev–Trinajstić information content (AvgIpc) is 2.26. The highest BCUT2D eigenvalue weighted by Crippen LogP contribution is 2.10. The number of allylic oxidation sites excluding steroid dienone is 2. The van der Waals surface area contributed by atoms with E-state index >= 15 is 0 Å². The highest BCUT2D eigenvalue weighted by atomic mass is 16.5. The molecule has 0 saturated carbocycles. The van der Waals surface area contributed by atoms with Crippen molar-refractivity contribution in [1.82, 2.24) is 0 Å². The summed E-state index contributed by atoms with van der Waals surface area (Å²) < 4.78 is 5.29. The summed E-state index contributed by atoms with van der Waals surface area (Å²) in [6.07, 6.45) is 10.2. The summed E-state index contributed by atoms with van der Waals surface area (Å²) in [6, 6.07) is 0. The first-order valence-electron chi connectivity index (χ1n) is 6.09. The number of carbonyl (C=O) groups is 1. The molecule has 0 aliphatic heterocycles. The Hall–Kier alpha value is -0.790. The van der Waals surface area contributed by atoms with Gasteiger partial charge in [0.15, 0.2) is 0 Å². The van der Waals surface area contributed by atoms with Gasteiger partial charge in [-0.3, -0.25) is 4.79 Å². The van der Waals surface area contributed by atoms with Crippen molar-refractivity contribution >= 4 is 5.97 Å². The standard InChI is InChI=1S/C13H24O2/c1-4-7-8-9-10-11-12(5-2)15-13(14)6-3/h7-8,12H,4-6,9-11H2,1-3H3. The molecule has 1 unspecified atom stereocenters. The highest BCUT2D eigenvalue weighted by molar-refractivity contribution is 5.69. The van der Waals surface area contributed by atoms with Crippen LogP contribution in [0.2, 0.25) is 0 Å². The van der Waals surface area contributed by atoms with E-state index in [0.717, 1.165) is 32.1 Å². The third kappa shape index (κ3) is 8.22. The zero-order valence-corrected chi connectivity index (χ0v) is 10.3. The molecule has 0 fully saturated rings. The number of esters is 1. The van der Waals surface area contributed by atoms with Crippen LogP contribution < -0.4 is 0 Å². The Labute approximate surface area is 93.7 Å². The zero-order chi connectivity index (χ0) is 11.5. The van der Waals surface area contributed by atoms with E-state index < -0.39 is 0 Å². The second kappa shape index (κ2) is 9.75. The van der Waals surface area contributed by atoms with Gasteiger partial charge in [-0.25, -0.2) is 0 Å². The second-order valence-electron chi connectivity index (χ2n) is 3.68. The number of rotatable bonds is 8. The summed E-state index contributed by atoms with van der Waals surface area (Å²) in [5.74, 6) is -0.0778. The summed E-state index contributed by atoms with van der Waals surface area (Å²) in [7, 11) is 0. The van der Waals surface area contributed by atoms with Crippen molar-refractivity contribution in [2.75, 3.05) is 0 Å². The van der Waals surface area contributed by atoms with Crippen LogP contribution in [0.25, 0.3) is 0 Å². The predicted octanol–water partition coefficient (Wildman–Crippen LogP) is 3.85. The quantitative estimate of drug-likeness (QED) is 0.347. The van der Waals surface area contributed by atoms with Crippen molar-refractivity contribution in [2.24, 2.45) is 0 Å². The van der Waals surface area contributed by atoms with Crippen molar-refractivity contribution in [1.29, 1.82) is 0 Å². The molecule has 0 heterocycles. The molecular weight excluding hydrogens is 188 g/mol. The van der Waals surface area contributed by atoms with E-state index in [0.29, 0.717) is 6.42 Å². The van der Waals surface area contributed by atoms with Crippen molar-refractivity contribution in [3.8, 4) is 0 Å². The van der Waals surface area contributed by atoms with Crippen LogP contribution >= 0.6 is 0 Å². The average molecular weight is 212 g/mol. The Bertz CT molecular complexity index is 185. The van der Waals surface area contributed by atoms with Crippen LogP contribution in [0, 0.1) is 0 Å². The monoisotopic (exact) mass is 212 g/mol. The third-order valence-corrected chi connectivity index (χ3v) is 2.34. The highest BCUT2D eigenvalue weighted by Gasteiger charge is 2.09. The topological polar surface area (TPSA) is 26.3 Å². The molecule has 2 heteroatoms. The molecule has 15 heavy (non-hydrogen) atoms. The Morgan fingerprint density at radius 2 is 2.00 bits per heavy atom. The van der Waals surface area contributed by atoms with Gasteiger partial charge in [0, 0.05) is 6.42 Å². The lowest BCUT2D eigenvalue weighted by molar-refractivity contribution is -0.149. The number of ether oxygens (including phenoxy) is 1. The summed E-state index contributed by atoms with van der Waals surface area (Å²) >= 11 is 0. The van der Waals surface area contributed by atoms with Crippen molar-refractivity contribution in [2.45, 2.75) is 65.4 Å². The molecule has 2 nitrogen and oxygen atoms in total. The van der Waals surface area contributed by atoms with E-state index in [1.165, 1.54) is 0 Å². The molecule has 0 aliphatic rings. The molecule has 1 atom stereocenters. The maximum absolute atomic E-state index is 11.1. The van der Waals surface area contributed by atoms with Gasteiger partial charge in [-0.1, -0.05) is 32.9 Å². The van der Waals surface area contributed by atoms with Gasteiger partial charge < -0.3 is 4.74 Å². The molecule has 0 amide bonds. The van der Waals surface area contributed by atoms with Crippen LogP contribution in [-0.4, -0.2) is 12.1 Å². The summed E-state index contributed by atoms with van der Waals surface area (Å²) in [5.41, 5.74) is 0. The summed E-state index contributed by atoms with van der Waals surface area (Å²) in [6.45, 7) is 6.03. The maximum atomic E-state index is 11.1. The van der Waals surface area contributed by atoms with Crippen molar-refractivity contribution in [3.05, 3.63) is 12.2 Å². The van der Waals surface area contributed by atoms with Gasteiger partial charge in [-0.15, -0.1) is 0 Å². The molecule has 88 valence electrons. The lowest BCUT2D eigenvalue weighted by atomic mass is 10.1. The van der Waals surface area contributed by atoms with E-state index in [-0.39, 0.29) is 12.1 Å². The van der Waals surface area contributed by atoms with Crippen LogP contribution in [0.4, 0.5) is 0 Å². The Balaban J connectivity index is 3.61. The van der Waals surface area contributed by atoms with E-state index in [1.807, 2.05) is 6.92 Å². The minimum Gasteiger partial charge on any atom is -0.462 e. The first kappa shape index (κ1) is 14.2. The molecule has 0 bridgehead atoms. The first-order chi connectivity index (χ1) is 7.24. The van der Waals surface area contributed by atoms with Crippen molar-refractivity contribution in [3.63, 3.8) is 0 Å². The minimum absolute atomic E-state index is 0.0778.